The number of hydrogen-bond acceptors (Lipinski definition) is 5. The van der Waals surface area contributed by atoms with Crippen LogP contribution in [-0.4, -0.2) is 43.0 Å². The predicted octanol–water partition coefficient (Wildman–Crippen LogP) is 3.05. The van der Waals surface area contributed by atoms with Gasteiger partial charge < -0.3 is 24.1 Å². The van der Waals surface area contributed by atoms with Crippen molar-refractivity contribution in [1.82, 2.24) is 10.2 Å². The van der Waals surface area contributed by atoms with E-state index >= 15 is 0 Å². The Bertz CT molecular complexity index is 1030. The van der Waals surface area contributed by atoms with Gasteiger partial charge in [0.15, 0.2) is 17.3 Å². The third kappa shape index (κ3) is 5.06. The molecule has 2 aromatic carbocycles. The lowest BCUT2D eigenvalue weighted by Gasteiger charge is -2.25. The number of furan rings is 1. The van der Waals surface area contributed by atoms with Gasteiger partial charge in [0, 0.05) is 20.0 Å². The van der Waals surface area contributed by atoms with E-state index in [1.807, 2.05) is 48.5 Å². The van der Waals surface area contributed by atoms with E-state index in [0.29, 0.717) is 37.7 Å². The fraction of sp³-hybridized carbons (Fsp3) is 0.250. The van der Waals surface area contributed by atoms with Crippen LogP contribution in [0.1, 0.15) is 21.7 Å². The third-order valence-electron chi connectivity index (χ3n) is 5.03. The standard InChI is InChI=1S/C24H24N2O5/c1-26(16-18-9-10-20-22(15-18)31-13-12-30-20)24(28)19(14-17-6-3-2-4-7-17)25-23(27)21-8-5-11-29-21/h2-11,15,19H,12-14,16H2,1H3,(H,25,27). The van der Waals surface area contributed by atoms with E-state index < -0.39 is 11.9 Å². The van der Waals surface area contributed by atoms with Crippen molar-refractivity contribution in [2.24, 2.45) is 0 Å². The molecule has 0 radical (unpaired) electrons. The molecule has 7 heteroatoms. The summed E-state index contributed by atoms with van der Waals surface area (Å²) in [6.45, 7) is 1.40. The van der Waals surface area contributed by atoms with Crippen LogP contribution in [0, 0.1) is 0 Å². The van der Waals surface area contributed by atoms with Crippen molar-refractivity contribution in [3.63, 3.8) is 0 Å². The molecule has 1 aliphatic heterocycles. The van der Waals surface area contributed by atoms with Gasteiger partial charge in [-0.25, -0.2) is 0 Å². The van der Waals surface area contributed by atoms with Gasteiger partial charge in [-0.1, -0.05) is 36.4 Å². The minimum absolute atomic E-state index is 0.167. The highest BCUT2D eigenvalue weighted by Gasteiger charge is 2.26. The predicted molar refractivity (Wildman–Crippen MR) is 114 cm³/mol. The van der Waals surface area contributed by atoms with Crippen molar-refractivity contribution in [3.05, 3.63) is 83.8 Å². The smallest absolute Gasteiger partial charge is 0.287 e. The largest absolute Gasteiger partial charge is 0.486 e. The number of amides is 2. The minimum atomic E-state index is -0.734. The summed E-state index contributed by atoms with van der Waals surface area (Å²) >= 11 is 0. The number of nitrogens with zero attached hydrogens (tertiary/aromatic N) is 1. The number of carbonyl (C=O) groups excluding carboxylic acids is 2. The van der Waals surface area contributed by atoms with Crippen molar-refractivity contribution in [2.45, 2.75) is 19.0 Å². The molecule has 1 atom stereocenters. The van der Waals surface area contributed by atoms with E-state index in [4.69, 9.17) is 13.9 Å². The fourth-order valence-corrected chi connectivity index (χ4v) is 3.49. The summed E-state index contributed by atoms with van der Waals surface area (Å²) in [5.74, 6) is 0.930. The molecule has 0 saturated heterocycles. The van der Waals surface area contributed by atoms with Crippen molar-refractivity contribution in [3.8, 4) is 11.5 Å². The molecule has 1 aromatic heterocycles. The molecule has 1 unspecified atom stereocenters. The zero-order chi connectivity index (χ0) is 21.6. The van der Waals surface area contributed by atoms with Crippen LogP contribution < -0.4 is 14.8 Å². The maximum absolute atomic E-state index is 13.3. The number of likely N-dealkylation sites (N-methyl/N-ethyl adjacent to an activating group) is 1. The van der Waals surface area contributed by atoms with Gasteiger partial charge in [0.05, 0.1) is 6.26 Å². The van der Waals surface area contributed by atoms with E-state index in [-0.39, 0.29) is 11.7 Å². The first kappa shape index (κ1) is 20.5. The summed E-state index contributed by atoms with van der Waals surface area (Å²) in [5, 5.41) is 2.82. The number of benzene rings is 2. The molecule has 1 aliphatic rings. The van der Waals surface area contributed by atoms with Gasteiger partial charge in [0.1, 0.15) is 19.3 Å². The molecule has 1 N–H and O–H groups in total. The summed E-state index contributed by atoms with van der Waals surface area (Å²) in [7, 11) is 1.72. The van der Waals surface area contributed by atoms with Gasteiger partial charge in [0.25, 0.3) is 5.91 Å². The Morgan fingerprint density at radius 2 is 1.74 bits per heavy atom. The minimum Gasteiger partial charge on any atom is -0.486 e. The average Bonchev–Trinajstić information content (AvgIpc) is 3.34. The first-order valence-electron chi connectivity index (χ1n) is 10.1. The molecule has 2 heterocycles. The van der Waals surface area contributed by atoms with E-state index in [2.05, 4.69) is 5.32 Å². The first-order chi connectivity index (χ1) is 15.1. The zero-order valence-corrected chi connectivity index (χ0v) is 17.2. The Morgan fingerprint density at radius 3 is 2.48 bits per heavy atom. The summed E-state index contributed by atoms with van der Waals surface area (Å²) in [6.07, 6.45) is 1.80. The van der Waals surface area contributed by atoms with E-state index in [0.717, 1.165) is 11.1 Å². The highest BCUT2D eigenvalue weighted by atomic mass is 16.6. The maximum atomic E-state index is 13.3. The Kier molecular flexibility index (Phi) is 6.21. The van der Waals surface area contributed by atoms with E-state index in [1.54, 1.807) is 24.1 Å². The normalized spacial score (nSPS) is 13.3. The van der Waals surface area contributed by atoms with Crippen LogP contribution in [0.4, 0.5) is 0 Å². The van der Waals surface area contributed by atoms with Crippen LogP contribution in [0.2, 0.25) is 0 Å². The van der Waals surface area contributed by atoms with Gasteiger partial charge >= 0.3 is 0 Å². The molecule has 4 rings (SSSR count). The fourth-order valence-electron chi connectivity index (χ4n) is 3.49. The molecule has 2 amide bonds. The van der Waals surface area contributed by atoms with Crippen LogP contribution in [0.5, 0.6) is 11.5 Å². The molecule has 0 saturated carbocycles. The molecule has 31 heavy (non-hydrogen) atoms. The molecule has 0 fully saturated rings. The Hall–Kier alpha value is -3.74. The molecule has 0 bridgehead atoms. The van der Waals surface area contributed by atoms with Crippen molar-refractivity contribution >= 4 is 11.8 Å². The number of rotatable bonds is 7. The highest BCUT2D eigenvalue weighted by molar-refractivity contribution is 5.95. The maximum Gasteiger partial charge on any atom is 0.287 e. The topological polar surface area (TPSA) is 81.0 Å². The quantitative estimate of drug-likeness (QED) is 0.635. The molecule has 7 nitrogen and oxygen atoms in total. The Morgan fingerprint density at radius 1 is 0.968 bits per heavy atom. The van der Waals surface area contributed by atoms with Crippen LogP contribution in [0.25, 0.3) is 0 Å². The monoisotopic (exact) mass is 420 g/mol. The van der Waals surface area contributed by atoms with Gasteiger partial charge in [0.2, 0.25) is 5.91 Å². The van der Waals surface area contributed by atoms with Crippen LogP contribution in [0.3, 0.4) is 0 Å². The molecule has 3 aromatic rings. The number of nitrogens with one attached hydrogen (secondary N) is 1. The van der Waals surface area contributed by atoms with Gasteiger partial charge in [-0.15, -0.1) is 0 Å². The van der Waals surface area contributed by atoms with Crippen molar-refractivity contribution in [2.75, 3.05) is 20.3 Å². The highest BCUT2D eigenvalue weighted by Crippen LogP contribution is 2.31. The SMILES string of the molecule is CN(Cc1ccc2c(c1)OCCO2)C(=O)C(Cc1ccccc1)NC(=O)c1ccco1. The van der Waals surface area contributed by atoms with Gasteiger partial charge in [-0.2, -0.15) is 0 Å². The molecule has 160 valence electrons. The Labute approximate surface area is 180 Å². The second-order valence-corrected chi connectivity index (χ2v) is 7.37. The summed E-state index contributed by atoms with van der Waals surface area (Å²) < 4.78 is 16.4. The zero-order valence-electron chi connectivity index (χ0n) is 17.2. The van der Waals surface area contributed by atoms with Crippen molar-refractivity contribution < 1.29 is 23.5 Å². The number of ether oxygens (including phenoxy) is 2. The lowest BCUT2D eigenvalue weighted by atomic mass is 10.0. The van der Waals surface area contributed by atoms with E-state index in [9.17, 15) is 9.59 Å². The summed E-state index contributed by atoms with van der Waals surface area (Å²) in [6, 6.07) is 17.7. The van der Waals surface area contributed by atoms with E-state index in [1.165, 1.54) is 6.26 Å². The molecule has 0 spiro atoms. The van der Waals surface area contributed by atoms with Crippen LogP contribution in [0.15, 0.2) is 71.3 Å². The number of hydrogen-bond donors (Lipinski definition) is 1. The van der Waals surface area contributed by atoms with Gasteiger partial charge in [-0.3, -0.25) is 9.59 Å². The average molecular weight is 420 g/mol. The summed E-state index contributed by atoms with van der Waals surface area (Å²) in [5.41, 5.74) is 1.87. The summed E-state index contributed by atoms with van der Waals surface area (Å²) in [4.78, 5) is 27.4. The van der Waals surface area contributed by atoms with Crippen LogP contribution in [-0.2, 0) is 17.8 Å². The Balaban J connectivity index is 1.49. The molecular formula is C24H24N2O5. The number of fused-ring (bicyclic) bond motifs is 1. The van der Waals surface area contributed by atoms with Crippen molar-refractivity contribution in [1.29, 1.82) is 0 Å². The second kappa shape index (κ2) is 9.38. The second-order valence-electron chi connectivity index (χ2n) is 7.37. The molecular weight excluding hydrogens is 396 g/mol. The third-order valence-corrected chi connectivity index (χ3v) is 5.03. The lowest BCUT2D eigenvalue weighted by molar-refractivity contribution is -0.132. The van der Waals surface area contributed by atoms with Crippen LogP contribution >= 0.6 is 0 Å². The number of carbonyl (C=O) groups is 2. The lowest BCUT2D eigenvalue weighted by Crippen LogP contribution is -2.48. The first-order valence-corrected chi connectivity index (χ1v) is 10.1. The molecule has 0 aliphatic carbocycles. The van der Waals surface area contributed by atoms with Gasteiger partial charge in [-0.05, 0) is 35.4 Å².